The van der Waals surface area contributed by atoms with E-state index in [0.29, 0.717) is 11.4 Å². The zero-order valence-corrected chi connectivity index (χ0v) is 13.2. The first kappa shape index (κ1) is 17.9. The van der Waals surface area contributed by atoms with Crippen LogP contribution in [-0.4, -0.2) is 49.1 Å². The van der Waals surface area contributed by atoms with Crippen molar-refractivity contribution < 1.29 is 14.7 Å². The fraction of sp³-hybridized carbons (Fsp3) is 0.462. The van der Waals surface area contributed by atoms with Gasteiger partial charge in [0.1, 0.15) is 6.04 Å². The van der Waals surface area contributed by atoms with Crippen LogP contribution in [0.1, 0.15) is 21.0 Å². The van der Waals surface area contributed by atoms with Crippen molar-refractivity contribution in [1.82, 2.24) is 10.6 Å². The Hall–Kier alpha value is -2.13. The van der Waals surface area contributed by atoms with Crippen LogP contribution in [0.5, 0.6) is 0 Å². The molecule has 0 unspecified atom stereocenters. The number of nitrogens with zero attached hydrogens (tertiary/aromatic N) is 1. The highest BCUT2D eigenvalue weighted by molar-refractivity contribution is 7.14. The van der Waals surface area contributed by atoms with Crippen LogP contribution in [0.15, 0.2) is 17.1 Å². The summed E-state index contributed by atoms with van der Waals surface area (Å²) in [5.74, 6) is -1.21. The first-order valence-corrected chi connectivity index (χ1v) is 7.58. The first-order valence-electron chi connectivity index (χ1n) is 6.76. The van der Waals surface area contributed by atoms with Gasteiger partial charge in [0.25, 0.3) is 5.91 Å². The number of carboxylic acids is 1. The number of aliphatic carboxylic acids is 1. The van der Waals surface area contributed by atoms with E-state index < -0.39 is 12.0 Å². The van der Waals surface area contributed by atoms with E-state index >= 15 is 0 Å². The molecule has 1 amide bonds. The quantitative estimate of drug-likeness (QED) is 0.232. The molecule has 1 atom stereocenters. The van der Waals surface area contributed by atoms with Gasteiger partial charge in [-0.1, -0.05) is 0 Å². The smallest absolute Gasteiger partial charge is 0.322 e. The Morgan fingerprint density at radius 2 is 2.14 bits per heavy atom. The number of carbonyl (C=O) groups excluding carboxylic acids is 1. The van der Waals surface area contributed by atoms with Crippen LogP contribution in [0.3, 0.4) is 0 Å². The minimum absolute atomic E-state index is 0.0302. The Morgan fingerprint density at radius 3 is 2.73 bits per heavy atom. The zero-order valence-electron chi connectivity index (χ0n) is 12.3. The van der Waals surface area contributed by atoms with Crippen molar-refractivity contribution in [2.75, 3.05) is 20.1 Å². The summed E-state index contributed by atoms with van der Waals surface area (Å²) in [4.78, 5) is 28.3. The number of aryl methyl sites for hydroxylation is 1. The number of hydrogen-bond donors (Lipinski definition) is 5. The number of guanidine groups is 1. The van der Waals surface area contributed by atoms with E-state index in [1.54, 1.807) is 6.07 Å². The summed E-state index contributed by atoms with van der Waals surface area (Å²) in [5, 5.41) is 14.1. The molecule has 22 heavy (non-hydrogen) atoms. The monoisotopic (exact) mass is 327 g/mol. The van der Waals surface area contributed by atoms with Crippen molar-refractivity contribution in [1.29, 1.82) is 0 Å². The molecule has 0 spiro atoms. The van der Waals surface area contributed by atoms with Gasteiger partial charge in [0.2, 0.25) is 0 Å². The van der Waals surface area contributed by atoms with Crippen molar-refractivity contribution in [2.24, 2.45) is 16.5 Å². The highest BCUT2D eigenvalue weighted by Crippen LogP contribution is 2.18. The molecule has 0 aliphatic rings. The average molecular weight is 327 g/mol. The maximum atomic E-state index is 11.9. The summed E-state index contributed by atoms with van der Waals surface area (Å²) < 4.78 is 0. The molecule has 8 nitrogen and oxygen atoms in total. The largest absolute Gasteiger partial charge is 0.480 e. The minimum Gasteiger partial charge on any atom is -0.480 e. The normalized spacial score (nSPS) is 11.7. The van der Waals surface area contributed by atoms with Gasteiger partial charge in [0.15, 0.2) is 5.96 Å². The summed E-state index contributed by atoms with van der Waals surface area (Å²) in [7, 11) is 1.53. The molecule has 1 heterocycles. The molecule has 0 bridgehead atoms. The SMILES string of the molecule is CN[C@@H](CNC(=O)c1ccc(CCCN=C(N)N)s1)C(=O)O. The molecule has 0 saturated heterocycles. The van der Waals surface area contributed by atoms with Gasteiger partial charge < -0.3 is 27.2 Å². The van der Waals surface area contributed by atoms with Crippen molar-refractivity contribution in [2.45, 2.75) is 18.9 Å². The molecule has 122 valence electrons. The molecule has 9 heteroatoms. The van der Waals surface area contributed by atoms with Crippen LogP contribution in [0.2, 0.25) is 0 Å². The Bertz CT molecular complexity index is 540. The molecule has 0 aliphatic carbocycles. The third-order valence-electron chi connectivity index (χ3n) is 2.87. The van der Waals surface area contributed by atoms with E-state index in [1.807, 2.05) is 6.07 Å². The molecule has 1 rings (SSSR count). The highest BCUT2D eigenvalue weighted by atomic mass is 32.1. The second-order valence-corrected chi connectivity index (χ2v) is 5.73. The lowest BCUT2D eigenvalue weighted by Crippen LogP contribution is -2.44. The van der Waals surface area contributed by atoms with Gasteiger partial charge in [0.05, 0.1) is 4.88 Å². The number of aliphatic imine (C=N–C) groups is 1. The van der Waals surface area contributed by atoms with Crippen LogP contribution in [0.25, 0.3) is 0 Å². The fourth-order valence-corrected chi connectivity index (χ4v) is 2.66. The van der Waals surface area contributed by atoms with Crippen LogP contribution in [-0.2, 0) is 11.2 Å². The van der Waals surface area contributed by atoms with Crippen LogP contribution in [0, 0.1) is 0 Å². The molecule has 0 aliphatic heterocycles. The standard InChI is InChI=1S/C13H21N5O3S/c1-16-9(12(20)21)7-18-11(19)10-5-4-8(22-10)3-2-6-17-13(14)15/h4-5,9,16H,2-3,6-7H2,1H3,(H,18,19)(H,20,21)(H4,14,15,17)/t9-/m0/s1. The molecule has 1 aromatic rings. The summed E-state index contributed by atoms with van der Waals surface area (Å²) in [6, 6.07) is 2.80. The summed E-state index contributed by atoms with van der Waals surface area (Å²) in [6.45, 7) is 0.576. The Balaban J connectivity index is 2.44. The molecule has 0 aromatic carbocycles. The number of thiophene rings is 1. The van der Waals surface area contributed by atoms with Gasteiger partial charge in [-0.25, -0.2) is 0 Å². The topological polar surface area (TPSA) is 143 Å². The van der Waals surface area contributed by atoms with Gasteiger partial charge in [-0.3, -0.25) is 14.6 Å². The molecular formula is C13H21N5O3S. The van der Waals surface area contributed by atoms with Crippen molar-refractivity contribution in [3.63, 3.8) is 0 Å². The van der Waals surface area contributed by atoms with Gasteiger partial charge in [-0.15, -0.1) is 11.3 Å². The number of nitrogens with one attached hydrogen (secondary N) is 2. The van der Waals surface area contributed by atoms with E-state index in [2.05, 4.69) is 15.6 Å². The van der Waals surface area contributed by atoms with Gasteiger partial charge in [0, 0.05) is 18.0 Å². The molecule has 7 N–H and O–H groups in total. The molecule has 1 aromatic heterocycles. The summed E-state index contributed by atoms with van der Waals surface area (Å²) in [6.07, 6.45) is 1.57. The molecule has 0 radical (unpaired) electrons. The van der Waals surface area contributed by atoms with Crippen LogP contribution in [0.4, 0.5) is 0 Å². The fourth-order valence-electron chi connectivity index (χ4n) is 1.69. The Kier molecular flexibility index (Phi) is 7.33. The number of carboxylic acid groups (broad SMARTS) is 1. The predicted octanol–water partition coefficient (Wildman–Crippen LogP) is -0.643. The van der Waals surface area contributed by atoms with E-state index in [9.17, 15) is 9.59 Å². The number of rotatable bonds is 9. The molecule has 0 saturated carbocycles. The van der Waals surface area contributed by atoms with E-state index in [-0.39, 0.29) is 18.4 Å². The predicted molar refractivity (Wildman–Crippen MR) is 86.1 cm³/mol. The third-order valence-corrected chi connectivity index (χ3v) is 4.02. The average Bonchev–Trinajstić information content (AvgIpc) is 2.92. The Morgan fingerprint density at radius 1 is 1.41 bits per heavy atom. The third kappa shape index (κ3) is 6.10. The van der Waals surface area contributed by atoms with E-state index in [0.717, 1.165) is 17.7 Å². The lowest BCUT2D eigenvalue weighted by atomic mass is 10.2. The number of nitrogens with two attached hydrogens (primary N) is 2. The van der Waals surface area contributed by atoms with Gasteiger partial charge >= 0.3 is 5.97 Å². The van der Waals surface area contributed by atoms with E-state index in [1.165, 1.54) is 18.4 Å². The molecule has 0 fully saturated rings. The van der Waals surface area contributed by atoms with Crippen molar-refractivity contribution >= 4 is 29.2 Å². The molecular weight excluding hydrogens is 306 g/mol. The van der Waals surface area contributed by atoms with Crippen molar-refractivity contribution in [3.05, 3.63) is 21.9 Å². The second kappa shape index (κ2) is 9.00. The van der Waals surface area contributed by atoms with E-state index in [4.69, 9.17) is 16.6 Å². The lowest BCUT2D eigenvalue weighted by molar-refractivity contribution is -0.139. The maximum Gasteiger partial charge on any atom is 0.322 e. The Labute approximate surface area is 132 Å². The summed E-state index contributed by atoms with van der Waals surface area (Å²) >= 11 is 1.38. The highest BCUT2D eigenvalue weighted by Gasteiger charge is 2.17. The van der Waals surface area contributed by atoms with Crippen LogP contribution >= 0.6 is 11.3 Å². The number of hydrogen-bond acceptors (Lipinski definition) is 5. The van der Waals surface area contributed by atoms with Crippen molar-refractivity contribution in [3.8, 4) is 0 Å². The minimum atomic E-state index is -1.01. The number of likely N-dealkylation sites (N-methyl/N-ethyl adjacent to an activating group) is 1. The first-order chi connectivity index (χ1) is 10.4. The maximum absolute atomic E-state index is 11.9. The zero-order chi connectivity index (χ0) is 16.5. The summed E-state index contributed by atoms with van der Waals surface area (Å²) in [5.41, 5.74) is 10.5. The second-order valence-electron chi connectivity index (χ2n) is 4.57. The van der Waals surface area contributed by atoms with Crippen LogP contribution < -0.4 is 22.1 Å². The number of amides is 1. The van der Waals surface area contributed by atoms with Gasteiger partial charge in [-0.2, -0.15) is 0 Å². The lowest BCUT2D eigenvalue weighted by Gasteiger charge is -2.11. The van der Waals surface area contributed by atoms with Gasteiger partial charge in [-0.05, 0) is 32.0 Å². The number of carbonyl (C=O) groups is 2.